The number of benzene rings is 3. The lowest BCUT2D eigenvalue weighted by molar-refractivity contribution is -0.145. The van der Waals surface area contributed by atoms with Gasteiger partial charge < -0.3 is 19.9 Å². The summed E-state index contributed by atoms with van der Waals surface area (Å²) in [5, 5.41) is 14.1. The molecule has 3 aromatic carbocycles. The summed E-state index contributed by atoms with van der Waals surface area (Å²) in [7, 11) is -3.71. The van der Waals surface area contributed by atoms with Crippen LogP contribution >= 0.6 is 11.6 Å². The first-order valence-electron chi connectivity index (χ1n) is 11.6. The summed E-state index contributed by atoms with van der Waals surface area (Å²) in [6.07, 6.45) is 0.00964. The molecule has 1 atom stereocenters. The van der Waals surface area contributed by atoms with Gasteiger partial charge in [-0.05, 0) is 86.0 Å². The molecular formula is C27H30ClNO6S. The van der Waals surface area contributed by atoms with Gasteiger partial charge in [0, 0.05) is 11.6 Å². The second kappa shape index (κ2) is 12.9. The van der Waals surface area contributed by atoms with Crippen LogP contribution in [0.5, 0.6) is 5.75 Å². The highest BCUT2D eigenvalue weighted by atomic mass is 35.5. The largest absolute Gasteiger partial charge is 0.482 e. The molecule has 2 N–H and O–H groups in total. The number of rotatable bonds is 12. The molecule has 0 fully saturated rings. The van der Waals surface area contributed by atoms with E-state index in [9.17, 15) is 18.3 Å². The van der Waals surface area contributed by atoms with Crippen molar-refractivity contribution in [3.8, 4) is 5.75 Å². The highest BCUT2D eigenvalue weighted by molar-refractivity contribution is 7.91. The number of nitrogens with one attached hydrogen (secondary N) is 1. The topological polar surface area (TPSA) is 102 Å². The zero-order valence-corrected chi connectivity index (χ0v) is 21.8. The average Bonchev–Trinajstić information content (AvgIpc) is 2.86. The van der Waals surface area contributed by atoms with Crippen molar-refractivity contribution in [3.05, 3.63) is 88.4 Å². The lowest BCUT2D eigenvalue weighted by atomic mass is 10.1. The first-order chi connectivity index (χ1) is 17.2. The minimum atomic E-state index is -3.71. The van der Waals surface area contributed by atoms with Crippen LogP contribution in [0, 0.1) is 6.92 Å². The van der Waals surface area contributed by atoms with Gasteiger partial charge in [-0.1, -0.05) is 35.9 Å². The lowest BCUT2D eigenvalue weighted by Crippen LogP contribution is -2.23. The Morgan fingerprint density at radius 3 is 2.44 bits per heavy atom. The van der Waals surface area contributed by atoms with E-state index in [1.807, 2.05) is 6.07 Å². The van der Waals surface area contributed by atoms with E-state index in [-0.39, 0.29) is 23.0 Å². The molecule has 0 amide bonds. The standard InChI is InChI=1S/C27H30ClNO6S/c1-3-34-27(31)18-35-26-12-11-24(15-19(26)2)36(32,33)23-9-7-20(8-10-23)13-14-29-17-25(30)21-5-4-6-22(28)16-21/h4-12,15-16,25,29-30H,3,13-14,17-18H2,1-2H3/t25-/m0/s1. The van der Waals surface area contributed by atoms with Crippen LogP contribution in [-0.4, -0.2) is 45.8 Å². The highest BCUT2D eigenvalue weighted by Gasteiger charge is 2.19. The van der Waals surface area contributed by atoms with E-state index in [1.54, 1.807) is 62.4 Å². The lowest BCUT2D eigenvalue weighted by Gasteiger charge is -2.13. The Balaban J connectivity index is 1.55. The molecule has 0 radical (unpaired) electrons. The molecule has 0 bridgehead atoms. The number of carbonyl (C=O) groups is 1. The van der Waals surface area contributed by atoms with Crippen LogP contribution < -0.4 is 10.1 Å². The fraction of sp³-hybridized carbons (Fsp3) is 0.296. The Bertz CT molecular complexity index is 1280. The van der Waals surface area contributed by atoms with E-state index in [4.69, 9.17) is 21.1 Å². The SMILES string of the molecule is CCOC(=O)COc1ccc(S(=O)(=O)c2ccc(CCNC[C@H](O)c3cccc(Cl)c3)cc2)cc1C. The van der Waals surface area contributed by atoms with Crippen LogP contribution in [0.3, 0.4) is 0 Å². The van der Waals surface area contributed by atoms with Gasteiger partial charge in [0.1, 0.15) is 5.75 Å². The van der Waals surface area contributed by atoms with Crippen molar-refractivity contribution in [2.75, 3.05) is 26.3 Å². The van der Waals surface area contributed by atoms with Crippen LogP contribution in [-0.2, 0) is 25.8 Å². The van der Waals surface area contributed by atoms with Gasteiger partial charge in [0.2, 0.25) is 9.84 Å². The van der Waals surface area contributed by atoms with E-state index < -0.39 is 21.9 Å². The predicted octanol–water partition coefficient (Wildman–Crippen LogP) is 4.29. The van der Waals surface area contributed by atoms with Crippen LogP contribution in [0.1, 0.15) is 29.7 Å². The zero-order chi connectivity index (χ0) is 26.1. The second-order valence-electron chi connectivity index (χ2n) is 8.19. The number of aliphatic hydroxyl groups excluding tert-OH is 1. The minimum Gasteiger partial charge on any atom is -0.482 e. The molecule has 0 aromatic heterocycles. The molecule has 7 nitrogen and oxygen atoms in total. The van der Waals surface area contributed by atoms with E-state index in [2.05, 4.69) is 5.32 Å². The number of ether oxygens (including phenoxy) is 2. The molecule has 3 aromatic rings. The van der Waals surface area contributed by atoms with Crippen molar-refractivity contribution in [1.82, 2.24) is 5.32 Å². The fourth-order valence-corrected chi connectivity index (χ4v) is 5.11. The number of sulfone groups is 1. The van der Waals surface area contributed by atoms with Crippen molar-refractivity contribution >= 4 is 27.4 Å². The minimum absolute atomic E-state index is 0.146. The number of aliphatic hydroxyl groups is 1. The van der Waals surface area contributed by atoms with E-state index >= 15 is 0 Å². The Kier molecular flexibility index (Phi) is 9.89. The molecule has 0 aliphatic carbocycles. The first-order valence-corrected chi connectivity index (χ1v) is 13.4. The summed E-state index contributed by atoms with van der Waals surface area (Å²) in [6, 6.07) is 18.4. The van der Waals surface area contributed by atoms with Crippen LogP contribution in [0.25, 0.3) is 0 Å². The number of hydrogen-bond acceptors (Lipinski definition) is 7. The van der Waals surface area contributed by atoms with E-state index in [0.717, 1.165) is 11.1 Å². The maximum atomic E-state index is 13.1. The summed E-state index contributed by atoms with van der Waals surface area (Å²) in [4.78, 5) is 11.8. The van der Waals surface area contributed by atoms with E-state index in [0.29, 0.717) is 35.8 Å². The Morgan fingerprint density at radius 2 is 1.78 bits per heavy atom. The van der Waals surface area contributed by atoms with Gasteiger partial charge in [-0.15, -0.1) is 0 Å². The molecule has 0 heterocycles. The molecule has 0 saturated heterocycles. The van der Waals surface area contributed by atoms with Crippen LogP contribution in [0.4, 0.5) is 0 Å². The molecule has 3 rings (SSSR count). The van der Waals surface area contributed by atoms with Gasteiger partial charge in [-0.3, -0.25) is 0 Å². The summed E-state index contributed by atoms with van der Waals surface area (Å²) >= 11 is 5.97. The number of carbonyl (C=O) groups excluding carboxylic acids is 1. The third-order valence-corrected chi connectivity index (χ3v) is 7.51. The van der Waals surface area contributed by atoms with Gasteiger partial charge in [-0.2, -0.15) is 0 Å². The van der Waals surface area contributed by atoms with Crippen LogP contribution in [0.15, 0.2) is 76.5 Å². The summed E-state index contributed by atoms with van der Waals surface area (Å²) in [5.41, 5.74) is 2.32. The van der Waals surface area contributed by atoms with Crippen molar-refractivity contribution in [2.45, 2.75) is 36.2 Å². The molecule has 9 heteroatoms. The number of esters is 1. The van der Waals surface area contributed by atoms with Crippen molar-refractivity contribution < 1.29 is 27.8 Å². The summed E-state index contributed by atoms with van der Waals surface area (Å²) in [6.45, 7) is 4.46. The Morgan fingerprint density at radius 1 is 1.06 bits per heavy atom. The molecule has 0 unspecified atom stereocenters. The smallest absolute Gasteiger partial charge is 0.344 e. The second-order valence-corrected chi connectivity index (χ2v) is 10.6. The van der Waals surface area contributed by atoms with Crippen LogP contribution in [0.2, 0.25) is 5.02 Å². The first kappa shape index (κ1) is 27.7. The monoisotopic (exact) mass is 531 g/mol. The van der Waals surface area contributed by atoms with Gasteiger partial charge in [0.05, 0.1) is 22.5 Å². The van der Waals surface area contributed by atoms with Gasteiger partial charge in [-0.25, -0.2) is 13.2 Å². The van der Waals surface area contributed by atoms with E-state index in [1.165, 1.54) is 12.1 Å². The Hall–Kier alpha value is -2.91. The third-order valence-electron chi connectivity index (χ3n) is 5.50. The molecule has 36 heavy (non-hydrogen) atoms. The van der Waals surface area contributed by atoms with Crippen molar-refractivity contribution in [2.24, 2.45) is 0 Å². The quantitative estimate of drug-likeness (QED) is 0.265. The molecule has 192 valence electrons. The summed E-state index contributed by atoms with van der Waals surface area (Å²) < 4.78 is 36.4. The molecule has 0 aliphatic heterocycles. The summed E-state index contributed by atoms with van der Waals surface area (Å²) in [5.74, 6) is -0.0634. The molecular weight excluding hydrogens is 502 g/mol. The van der Waals surface area contributed by atoms with Crippen molar-refractivity contribution in [3.63, 3.8) is 0 Å². The maximum absolute atomic E-state index is 13.1. The maximum Gasteiger partial charge on any atom is 0.344 e. The molecule has 0 saturated carbocycles. The normalized spacial score (nSPS) is 12.2. The van der Waals surface area contributed by atoms with Gasteiger partial charge in [0.15, 0.2) is 6.61 Å². The zero-order valence-electron chi connectivity index (χ0n) is 20.2. The average molecular weight is 532 g/mol. The highest BCUT2D eigenvalue weighted by Crippen LogP contribution is 2.27. The van der Waals surface area contributed by atoms with Gasteiger partial charge >= 0.3 is 5.97 Å². The predicted molar refractivity (Wildman–Crippen MR) is 138 cm³/mol. The molecule has 0 aliphatic rings. The third kappa shape index (κ3) is 7.54. The Labute approximate surface area is 216 Å². The van der Waals surface area contributed by atoms with Gasteiger partial charge in [0.25, 0.3) is 0 Å². The number of hydrogen-bond donors (Lipinski definition) is 2. The fourth-order valence-electron chi connectivity index (χ4n) is 3.56. The number of aryl methyl sites for hydroxylation is 1. The molecule has 0 spiro atoms. The number of halogens is 1. The van der Waals surface area contributed by atoms with Crippen molar-refractivity contribution in [1.29, 1.82) is 0 Å².